The molecule has 1 heterocycles. The van der Waals surface area contributed by atoms with Gasteiger partial charge in [-0.15, -0.1) is 0 Å². The lowest BCUT2D eigenvalue weighted by atomic mass is 9.95. The molecule has 0 aliphatic carbocycles. The molecular weight excluding hydrogens is 236 g/mol. The predicted molar refractivity (Wildman–Crippen MR) is 79.9 cm³/mol. The molecule has 0 aromatic heterocycles. The van der Waals surface area contributed by atoms with Gasteiger partial charge in [0, 0.05) is 19.1 Å². The third kappa shape index (κ3) is 3.28. The number of nitrogens with zero attached hydrogens (tertiary/aromatic N) is 1. The fourth-order valence-electron chi connectivity index (χ4n) is 2.83. The van der Waals surface area contributed by atoms with Crippen molar-refractivity contribution in [3.63, 3.8) is 0 Å². The van der Waals surface area contributed by atoms with Gasteiger partial charge in [-0.2, -0.15) is 0 Å². The Balaban J connectivity index is 2.30. The molecule has 1 unspecified atom stereocenters. The topological polar surface area (TPSA) is 24.5 Å². The first-order chi connectivity index (χ1) is 9.13. The zero-order valence-electron chi connectivity index (χ0n) is 12.6. The Hall–Kier alpha value is -1.06. The van der Waals surface area contributed by atoms with Crippen LogP contribution in [0.15, 0.2) is 18.2 Å². The van der Waals surface area contributed by atoms with E-state index in [2.05, 4.69) is 49.3 Å². The summed E-state index contributed by atoms with van der Waals surface area (Å²) in [6.45, 7) is 7.73. The minimum absolute atomic E-state index is 0.490. The summed E-state index contributed by atoms with van der Waals surface area (Å²) in [7, 11) is 3.97. The van der Waals surface area contributed by atoms with Gasteiger partial charge in [-0.3, -0.25) is 4.90 Å². The molecule has 3 heteroatoms. The molecule has 0 saturated carbocycles. The molecule has 2 rings (SSSR count). The van der Waals surface area contributed by atoms with Crippen LogP contribution in [0.2, 0.25) is 0 Å². The van der Waals surface area contributed by atoms with Crippen molar-refractivity contribution in [2.75, 3.05) is 33.8 Å². The highest BCUT2D eigenvalue weighted by Crippen LogP contribution is 2.32. The van der Waals surface area contributed by atoms with Crippen LogP contribution in [0.3, 0.4) is 0 Å². The molecule has 0 spiro atoms. The van der Waals surface area contributed by atoms with Gasteiger partial charge in [0.1, 0.15) is 5.75 Å². The standard InChI is InChI=1S/C16H26N2O/c1-12(2)14-11-13(5-6-16(14)19-4)15-7-8-17-9-10-18(15)3/h5-6,11-12,15,17H,7-10H2,1-4H3. The monoisotopic (exact) mass is 262 g/mol. The lowest BCUT2D eigenvalue weighted by Crippen LogP contribution is -2.26. The van der Waals surface area contributed by atoms with E-state index < -0.39 is 0 Å². The van der Waals surface area contributed by atoms with Crippen molar-refractivity contribution in [3.05, 3.63) is 29.3 Å². The summed E-state index contributed by atoms with van der Waals surface area (Å²) in [6.07, 6.45) is 1.17. The van der Waals surface area contributed by atoms with E-state index in [1.165, 1.54) is 17.5 Å². The maximum absolute atomic E-state index is 5.47. The largest absolute Gasteiger partial charge is 0.496 e. The molecule has 19 heavy (non-hydrogen) atoms. The van der Waals surface area contributed by atoms with E-state index >= 15 is 0 Å². The molecule has 1 aromatic rings. The van der Waals surface area contributed by atoms with Gasteiger partial charge in [-0.1, -0.05) is 26.0 Å². The predicted octanol–water partition coefficient (Wildman–Crippen LogP) is 2.78. The Morgan fingerprint density at radius 1 is 1.32 bits per heavy atom. The van der Waals surface area contributed by atoms with Crippen LogP contribution < -0.4 is 10.1 Å². The molecule has 1 atom stereocenters. The van der Waals surface area contributed by atoms with Crippen molar-refractivity contribution in [1.82, 2.24) is 10.2 Å². The number of likely N-dealkylation sites (N-methyl/N-ethyl adjacent to an activating group) is 1. The molecule has 1 aliphatic rings. The first kappa shape index (κ1) is 14.4. The molecule has 1 aliphatic heterocycles. The summed E-state index contributed by atoms with van der Waals surface area (Å²) >= 11 is 0. The van der Waals surface area contributed by atoms with Crippen molar-refractivity contribution in [3.8, 4) is 5.75 Å². The molecule has 1 fully saturated rings. The molecule has 0 radical (unpaired) electrons. The highest BCUT2D eigenvalue weighted by molar-refractivity contribution is 5.40. The van der Waals surface area contributed by atoms with Gasteiger partial charge >= 0.3 is 0 Å². The van der Waals surface area contributed by atoms with E-state index in [9.17, 15) is 0 Å². The van der Waals surface area contributed by atoms with Crippen LogP contribution in [0.1, 0.15) is 43.4 Å². The molecule has 0 amide bonds. The van der Waals surface area contributed by atoms with Crippen LogP contribution in [0.4, 0.5) is 0 Å². The van der Waals surface area contributed by atoms with Crippen LogP contribution in [0, 0.1) is 0 Å². The van der Waals surface area contributed by atoms with Crippen LogP contribution in [0.5, 0.6) is 5.75 Å². The number of hydrogen-bond acceptors (Lipinski definition) is 3. The second-order valence-corrected chi connectivity index (χ2v) is 5.69. The summed E-state index contributed by atoms with van der Waals surface area (Å²) in [5.41, 5.74) is 2.72. The quantitative estimate of drug-likeness (QED) is 0.906. The van der Waals surface area contributed by atoms with Crippen molar-refractivity contribution in [2.24, 2.45) is 0 Å². The van der Waals surface area contributed by atoms with Gasteiger partial charge in [-0.25, -0.2) is 0 Å². The first-order valence-electron chi connectivity index (χ1n) is 7.22. The lowest BCUT2D eigenvalue weighted by molar-refractivity contribution is 0.258. The highest BCUT2D eigenvalue weighted by atomic mass is 16.5. The van der Waals surface area contributed by atoms with E-state index in [4.69, 9.17) is 4.74 Å². The fraction of sp³-hybridized carbons (Fsp3) is 0.625. The Kier molecular flexibility index (Phi) is 4.83. The summed E-state index contributed by atoms with van der Waals surface area (Å²) in [5.74, 6) is 1.50. The van der Waals surface area contributed by atoms with Crippen molar-refractivity contribution in [1.29, 1.82) is 0 Å². The van der Waals surface area contributed by atoms with E-state index in [1.54, 1.807) is 7.11 Å². The molecule has 0 bridgehead atoms. The highest BCUT2D eigenvalue weighted by Gasteiger charge is 2.20. The fourth-order valence-corrected chi connectivity index (χ4v) is 2.83. The average Bonchev–Trinajstić information content (AvgIpc) is 2.62. The molecular formula is C16H26N2O. The van der Waals surface area contributed by atoms with Gasteiger partial charge in [0.2, 0.25) is 0 Å². The summed E-state index contributed by atoms with van der Waals surface area (Å²) in [4.78, 5) is 2.45. The minimum atomic E-state index is 0.490. The van der Waals surface area contributed by atoms with Gasteiger partial charge in [0.25, 0.3) is 0 Å². The Labute approximate surface area is 116 Å². The Morgan fingerprint density at radius 2 is 2.11 bits per heavy atom. The molecule has 1 aromatic carbocycles. The number of methoxy groups -OCH3 is 1. The average molecular weight is 262 g/mol. The number of nitrogens with one attached hydrogen (secondary N) is 1. The van der Waals surface area contributed by atoms with Crippen molar-refractivity contribution < 1.29 is 4.74 Å². The van der Waals surface area contributed by atoms with Crippen LogP contribution in [-0.4, -0.2) is 38.7 Å². The van der Waals surface area contributed by atoms with E-state index in [0.717, 1.165) is 25.4 Å². The van der Waals surface area contributed by atoms with Crippen LogP contribution >= 0.6 is 0 Å². The molecule has 1 saturated heterocycles. The maximum Gasteiger partial charge on any atom is 0.122 e. The first-order valence-corrected chi connectivity index (χ1v) is 7.22. The maximum atomic E-state index is 5.47. The van der Waals surface area contributed by atoms with Crippen LogP contribution in [0.25, 0.3) is 0 Å². The molecule has 3 nitrogen and oxygen atoms in total. The number of benzene rings is 1. The molecule has 1 N–H and O–H groups in total. The normalized spacial score (nSPS) is 21.4. The van der Waals surface area contributed by atoms with Gasteiger partial charge in [-0.05, 0) is 43.1 Å². The molecule has 106 valence electrons. The van der Waals surface area contributed by atoms with Crippen molar-refractivity contribution >= 4 is 0 Å². The lowest BCUT2D eigenvalue weighted by Gasteiger charge is -2.27. The third-order valence-electron chi connectivity index (χ3n) is 4.03. The summed E-state index contributed by atoms with van der Waals surface area (Å²) < 4.78 is 5.47. The number of ether oxygens (including phenoxy) is 1. The zero-order valence-corrected chi connectivity index (χ0v) is 12.6. The second-order valence-electron chi connectivity index (χ2n) is 5.69. The number of hydrogen-bond donors (Lipinski definition) is 1. The summed E-state index contributed by atoms with van der Waals surface area (Å²) in [6, 6.07) is 7.18. The van der Waals surface area contributed by atoms with Crippen molar-refractivity contribution in [2.45, 2.75) is 32.2 Å². The second kappa shape index (κ2) is 6.40. The van der Waals surface area contributed by atoms with E-state index in [-0.39, 0.29) is 0 Å². The van der Waals surface area contributed by atoms with Gasteiger partial charge < -0.3 is 10.1 Å². The van der Waals surface area contributed by atoms with E-state index in [0.29, 0.717) is 12.0 Å². The third-order valence-corrected chi connectivity index (χ3v) is 4.03. The summed E-state index contributed by atoms with van der Waals surface area (Å²) in [5, 5.41) is 3.47. The van der Waals surface area contributed by atoms with Gasteiger partial charge in [0.05, 0.1) is 7.11 Å². The Bertz CT molecular complexity index is 417. The van der Waals surface area contributed by atoms with E-state index in [1.807, 2.05) is 0 Å². The Morgan fingerprint density at radius 3 is 2.79 bits per heavy atom. The van der Waals surface area contributed by atoms with Crippen LogP contribution in [-0.2, 0) is 0 Å². The SMILES string of the molecule is COc1ccc(C2CCNCCN2C)cc1C(C)C. The smallest absolute Gasteiger partial charge is 0.122 e. The number of rotatable bonds is 3. The minimum Gasteiger partial charge on any atom is -0.496 e. The van der Waals surface area contributed by atoms with Gasteiger partial charge in [0.15, 0.2) is 0 Å². The zero-order chi connectivity index (χ0) is 13.8.